The van der Waals surface area contributed by atoms with Crippen LogP contribution in [-0.4, -0.2) is 33.9 Å². The van der Waals surface area contributed by atoms with E-state index in [0.717, 1.165) is 5.69 Å². The average molecular weight is 303 g/mol. The summed E-state index contributed by atoms with van der Waals surface area (Å²) in [6.07, 6.45) is 2.57. The molecule has 2 rings (SSSR count). The Morgan fingerprint density at radius 2 is 2.14 bits per heavy atom. The molecular weight excluding hydrogens is 286 g/mol. The number of carbonyl (C=O) groups is 2. The molecule has 7 nitrogen and oxygen atoms in total. The maximum atomic E-state index is 11.9. The van der Waals surface area contributed by atoms with E-state index in [1.165, 1.54) is 25.3 Å². The van der Waals surface area contributed by atoms with Gasteiger partial charge < -0.3 is 15.2 Å². The summed E-state index contributed by atoms with van der Waals surface area (Å²) in [5.41, 5.74) is 1.51. The van der Waals surface area contributed by atoms with Gasteiger partial charge in [-0.25, -0.2) is 4.79 Å². The monoisotopic (exact) mass is 303 g/mol. The summed E-state index contributed by atoms with van der Waals surface area (Å²) >= 11 is 0. The molecule has 0 atom stereocenters. The van der Waals surface area contributed by atoms with Crippen LogP contribution in [0, 0.1) is 0 Å². The van der Waals surface area contributed by atoms with Crippen molar-refractivity contribution in [3.8, 4) is 5.75 Å². The van der Waals surface area contributed by atoms with Crippen molar-refractivity contribution < 1.29 is 19.4 Å². The van der Waals surface area contributed by atoms with Gasteiger partial charge in [0.05, 0.1) is 7.11 Å². The number of nitrogens with zero attached hydrogens (tertiary/aromatic N) is 2. The summed E-state index contributed by atoms with van der Waals surface area (Å²) in [5, 5.41) is 15.8. The van der Waals surface area contributed by atoms with Crippen LogP contribution in [0.5, 0.6) is 5.75 Å². The molecule has 2 aromatic rings. The Labute approximate surface area is 127 Å². The van der Waals surface area contributed by atoms with Crippen LogP contribution in [0.3, 0.4) is 0 Å². The van der Waals surface area contributed by atoms with Crippen molar-refractivity contribution in [1.29, 1.82) is 0 Å². The highest BCUT2D eigenvalue weighted by atomic mass is 16.5. The maximum absolute atomic E-state index is 11.9. The Kier molecular flexibility index (Phi) is 4.77. The van der Waals surface area contributed by atoms with Crippen LogP contribution in [0.25, 0.3) is 0 Å². The van der Waals surface area contributed by atoms with Gasteiger partial charge in [0, 0.05) is 37.1 Å². The average Bonchev–Trinajstić information content (AvgIpc) is 2.90. The number of hydrogen-bond acceptors (Lipinski definition) is 4. The molecule has 0 fully saturated rings. The fraction of sp³-hybridized carbons (Fsp3) is 0.267. The summed E-state index contributed by atoms with van der Waals surface area (Å²) in [4.78, 5) is 22.9. The molecule has 0 aliphatic heterocycles. The molecule has 7 heteroatoms. The predicted molar refractivity (Wildman–Crippen MR) is 80.1 cm³/mol. The number of ether oxygens (including phenoxy) is 1. The van der Waals surface area contributed by atoms with Gasteiger partial charge in [-0.1, -0.05) is 0 Å². The van der Waals surface area contributed by atoms with Gasteiger partial charge >= 0.3 is 5.97 Å². The van der Waals surface area contributed by atoms with Crippen LogP contribution in [-0.2, 0) is 18.3 Å². The van der Waals surface area contributed by atoms with E-state index in [9.17, 15) is 9.59 Å². The second-order valence-electron chi connectivity index (χ2n) is 4.71. The highest BCUT2D eigenvalue weighted by molar-refractivity contribution is 5.94. The first-order valence-electron chi connectivity index (χ1n) is 6.69. The molecule has 0 bridgehead atoms. The minimum absolute atomic E-state index is 0.0513. The van der Waals surface area contributed by atoms with E-state index in [2.05, 4.69) is 10.4 Å². The number of aromatic nitrogens is 2. The zero-order chi connectivity index (χ0) is 16.1. The van der Waals surface area contributed by atoms with Gasteiger partial charge in [-0.2, -0.15) is 5.10 Å². The number of anilines is 1. The number of nitrogens with one attached hydrogen (secondary N) is 1. The van der Waals surface area contributed by atoms with Crippen LogP contribution in [0.15, 0.2) is 30.5 Å². The quantitative estimate of drug-likeness (QED) is 0.847. The van der Waals surface area contributed by atoms with E-state index in [1.54, 1.807) is 10.9 Å². The lowest BCUT2D eigenvalue weighted by Crippen LogP contribution is -2.13. The topological polar surface area (TPSA) is 93.5 Å². The van der Waals surface area contributed by atoms with Crippen molar-refractivity contribution >= 4 is 17.6 Å². The van der Waals surface area contributed by atoms with Crippen molar-refractivity contribution in [3.63, 3.8) is 0 Å². The van der Waals surface area contributed by atoms with Crippen molar-refractivity contribution in [3.05, 3.63) is 41.7 Å². The molecule has 1 heterocycles. The number of hydrogen-bond donors (Lipinski definition) is 2. The van der Waals surface area contributed by atoms with Crippen molar-refractivity contribution in [2.45, 2.75) is 12.8 Å². The van der Waals surface area contributed by atoms with E-state index in [4.69, 9.17) is 9.84 Å². The number of carbonyl (C=O) groups excluding carboxylic acids is 1. The van der Waals surface area contributed by atoms with Crippen LogP contribution in [0.4, 0.5) is 5.69 Å². The van der Waals surface area contributed by atoms with Gasteiger partial charge in [-0.3, -0.25) is 9.48 Å². The number of carboxylic acid groups (broad SMARTS) is 1. The fourth-order valence-corrected chi connectivity index (χ4v) is 2.06. The number of rotatable bonds is 6. The lowest BCUT2D eigenvalue weighted by molar-refractivity contribution is -0.116. The number of amides is 1. The van der Waals surface area contributed by atoms with Gasteiger partial charge in [0.2, 0.25) is 5.91 Å². The molecule has 1 aromatic heterocycles. The highest BCUT2D eigenvalue weighted by Gasteiger charge is 2.12. The standard InChI is InChI=1S/C15H17N3O4/c1-18-11(7-8-16-18)4-6-14(19)17-10-3-5-12(15(20)21)13(9-10)22-2/h3,5,7-9H,4,6H2,1-2H3,(H,17,19)(H,20,21). The third-order valence-electron chi connectivity index (χ3n) is 3.25. The molecule has 0 aliphatic rings. The normalized spacial score (nSPS) is 10.3. The minimum Gasteiger partial charge on any atom is -0.496 e. The summed E-state index contributed by atoms with van der Waals surface area (Å²) < 4.78 is 6.74. The summed E-state index contributed by atoms with van der Waals surface area (Å²) in [6.45, 7) is 0. The Hall–Kier alpha value is -2.83. The molecule has 0 saturated heterocycles. The molecule has 0 aliphatic carbocycles. The number of methoxy groups -OCH3 is 1. The Balaban J connectivity index is 1.99. The molecule has 0 spiro atoms. The zero-order valence-electron chi connectivity index (χ0n) is 12.4. The van der Waals surface area contributed by atoms with Crippen LogP contribution in [0.1, 0.15) is 22.5 Å². The fourth-order valence-electron chi connectivity index (χ4n) is 2.06. The molecule has 22 heavy (non-hydrogen) atoms. The van der Waals surface area contributed by atoms with E-state index in [1.807, 2.05) is 13.1 Å². The molecule has 0 unspecified atom stereocenters. The summed E-state index contributed by atoms with van der Waals surface area (Å²) in [7, 11) is 3.21. The number of aromatic carboxylic acids is 1. The number of carboxylic acids is 1. The largest absolute Gasteiger partial charge is 0.496 e. The number of aryl methyl sites for hydroxylation is 2. The van der Waals surface area contributed by atoms with Gasteiger partial charge in [0.25, 0.3) is 0 Å². The third kappa shape index (κ3) is 3.63. The van der Waals surface area contributed by atoms with Gasteiger partial charge in [0.1, 0.15) is 11.3 Å². The molecule has 116 valence electrons. The first kappa shape index (κ1) is 15.6. The second kappa shape index (κ2) is 6.75. The Morgan fingerprint density at radius 1 is 1.36 bits per heavy atom. The molecule has 2 N–H and O–H groups in total. The molecule has 1 amide bonds. The molecule has 1 aromatic carbocycles. The Morgan fingerprint density at radius 3 is 2.73 bits per heavy atom. The summed E-state index contributed by atoms with van der Waals surface area (Å²) in [5.74, 6) is -1.03. The molecule has 0 radical (unpaired) electrons. The smallest absolute Gasteiger partial charge is 0.339 e. The SMILES string of the molecule is COc1cc(NC(=O)CCc2ccnn2C)ccc1C(=O)O. The van der Waals surface area contributed by atoms with E-state index in [-0.39, 0.29) is 17.2 Å². The first-order chi connectivity index (χ1) is 10.5. The maximum Gasteiger partial charge on any atom is 0.339 e. The first-order valence-corrected chi connectivity index (χ1v) is 6.69. The predicted octanol–water partition coefficient (Wildman–Crippen LogP) is 1.70. The molecule has 0 saturated carbocycles. The van der Waals surface area contributed by atoms with Crippen LogP contribution in [0.2, 0.25) is 0 Å². The number of benzene rings is 1. The summed E-state index contributed by atoms with van der Waals surface area (Å²) in [6, 6.07) is 6.29. The minimum atomic E-state index is -1.08. The Bertz CT molecular complexity index is 694. The van der Waals surface area contributed by atoms with Gasteiger partial charge in [-0.05, 0) is 24.6 Å². The molecular formula is C15H17N3O4. The lowest BCUT2D eigenvalue weighted by atomic mass is 10.1. The third-order valence-corrected chi connectivity index (χ3v) is 3.25. The van der Waals surface area contributed by atoms with Crippen molar-refractivity contribution in [1.82, 2.24) is 9.78 Å². The zero-order valence-corrected chi connectivity index (χ0v) is 12.4. The van der Waals surface area contributed by atoms with Crippen molar-refractivity contribution in [2.24, 2.45) is 7.05 Å². The van der Waals surface area contributed by atoms with Crippen molar-refractivity contribution in [2.75, 3.05) is 12.4 Å². The highest BCUT2D eigenvalue weighted by Crippen LogP contribution is 2.23. The van der Waals surface area contributed by atoms with Gasteiger partial charge in [0.15, 0.2) is 0 Å². The van der Waals surface area contributed by atoms with E-state index in [0.29, 0.717) is 18.5 Å². The van der Waals surface area contributed by atoms with Crippen LogP contribution < -0.4 is 10.1 Å². The van der Waals surface area contributed by atoms with E-state index < -0.39 is 5.97 Å². The van der Waals surface area contributed by atoms with Crippen LogP contribution >= 0.6 is 0 Å². The van der Waals surface area contributed by atoms with E-state index >= 15 is 0 Å². The second-order valence-corrected chi connectivity index (χ2v) is 4.71. The van der Waals surface area contributed by atoms with Gasteiger partial charge in [-0.15, -0.1) is 0 Å². The lowest BCUT2D eigenvalue weighted by Gasteiger charge is -2.09.